The lowest BCUT2D eigenvalue weighted by Gasteiger charge is -1.94. The second-order valence-electron chi connectivity index (χ2n) is 2.17. The Kier molecular flexibility index (Phi) is 1.40. The average molecular weight is 149 g/mol. The molecule has 0 amide bonds. The molecule has 0 saturated heterocycles. The highest BCUT2D eigenvalue weighted by Gasteiger charge is 1.94. The summed E-state index contributed by atoms with van der Waals surface area (Å²) < 4.78 is 1.92. The molecule has 2 heterocycles. The minimum Gasteiger partial charge on any atom is -0.330 e. The number of rotatable bonds is 2. The van der Waals surface area contributed by atoms with Crippen LogP contribution in [0.1, 0.15) is 5.82 Å². The first-order chi connectivity index (χ1) is 5.45. The van der Waals surface area contributed by atoms with Gasteiger partial charge in [0.25, 0.3) is 0 Å². The van der Waals surface area contributed by atoms with Gasteiger partial charge in [-0.15, -0.1) is 0 Å². The second-order valence-corrected chi connectivity index (χ2v) is 2.17. The van der Waals surface area contributed by atoms with Gasteiger partial charge in [-0.1, -0.05) is 0 Å². The van der Waals surface area contributed by atoms with Crippen LogP contribution in [0, 0.1) is 0 Å². The maximum Gasteiger partial charge on any atom is 0.144 e. The number of hydrogen-bond donors (Lipinski definition) is 1. The molecule has 0 aliphatic heterocycles. The van der Waals surface area contributed by atoms with Crippen LogP contribution in [0.2, 0.25) is 0 Å². The Balaban J connectivity index is 2.14. The van der Waals surface area contributed by atoms with Gasteiger partial charge in [-0.3, -0.25) is 5.10 Å². The fourth-order valence-corrected chi connectivity index (χ4v) is 0.860. The van der Waals surface area contributed by atoms with Gasteiger partial charge >= 0.3 is 0 Å². The van der Waals surface area contributed by atoms with Crippen molar-refractivity contribution in [2.45, 2.75) is 6.54 Å². The van der Waals surface area contributed by atoms with Crippen molar-refractivity contribution in [2.75, 3.05) is 0 Å². The Morgan fingerprint density at radius 3 is 3.18 bits per heavy atom. The lowest BCUT2D eigenvalue weighted by atomic mass is 10.6. The summed E-state index contributed by atoms with van der Waals surface area (Å²) >= 11 is 0. The third-order valence-corrected chi connectivity index (χ3v) is 1.36. The summed E-state index contributed by atoms with van der Waals surface area (Å²) in [5, 5.41) is 6.50. The zero-order chi connectivity index (χ0) is 7.52. The van der Waals surface area contributed by atoms with Crippen molar-refractivity contribution in [2.24, 2.45) is 0 Å². The van der Waals surface area contributed by atoms with E-state index in [9.17, 15) is 0 Å². The molecule has 0 bridgehead atoms. The molecule has 1 N–H and O–H groups in total. The molecule has 0 fully saturated rings. The summed E-state index contributed by atoms with van der Waals surface area (Å²) in [6.07, 6.45) is 6.84. The van der Waals surface area contributed by atoms with Gasteiger partial charge in [-0.05, 0) is 0 Å². The summed E-state index contributed by atoms with van der Waals surface area (Å²) in [7, 11) is 0. The van der Waals surface area contributed by atoms with Crippen molar-refractivity contribution in [3.8, 4) is 0 Å². The number of hydrogen-bond acceptors (Lipinski definition) is 3. The van der Waals surface area contributed by atoms with E-state index in [1.54, 1.807) is 12.5 Å². The maximum atomic E-state index is 3.98. The Labute approximate surface area is 63.1 Å². The van der Waals surface area contributed by atoms with Crippen molar-refractivity contribution >= 4 is 0 Å². The molecular weight excluding hydrogens is 142 g/mol. The molecule has 5 nitrogen and oxygen atoms in total. The van der Waals surface area contributed by atoms with Gasteiger partial charge in [-0.2, -0.15) is 5.10 Å². The Hall–Kier alpha value is -1.65. The molecule has 11 heavy (non-hydrogen) atoms. The summed E-state index contributed by atoms with van der Waals surface area (Å²) in [5.41, 5.74) is 0. The largest absolute Gasteiger partial charge is 0.330 e. The minimum atomic E-state index is 0.694. The Morgan fingerprint density at radius 1 is 1.55 bits per heavy atom. The first kappa shape index (κ1) is 6.09. The molecule has 56 valence electrons. The lowest BCUT2D eigenvalue weighted by Crippen LogP contribution is -1.97. The molecule has 5 heteroatoms. The molecule has 2 aromatic heterocycles. The third-order valence-electron chi connectivity index (χ3n) is 1.36. The van der Waals surface area contributed by atoms with E-state index in [1.165, 1.54) is 6.33 Å². The minimum absolute atomic E-state index is 0.694. The monoisotopic (exact) mass is 149 g/mol. The quantitative estimate of drug-likeness (QED) is 0.656. The van der Waals surface area contributed by atoms with Crippen molar-refractivity contribution in [1.29, 1.82) is 0 Å². The highest BCUT2D eigenvalue weighted by Crippen LogP contribution is 1.91. The maximum absolute atomic E-state index is 3.98. The number of aromatic nitrogens is 5. The fraction of sp³-hybridized carbons (Fsp3) is 0.167. The molecular formula is C6H7N5. The Morgan fingerprint density at radius 2 is 2.55 bits per heavy atom. The number of aromatic amines is 1. The average Bonchev–Trinajstić information content (AvgIpc) is 2.60. The van der Waals surface area contributed by atoms with Crippen LogP contribution in [0.4, 0.5) is 0 Å². The summed E-state index contributed by atoms with van der Waals surface area (Å²) in [6.45, 7) is 0.694. The van der Waals surface area contributed by atoms with Crippen LogP contribution in [0.15, 0.2) is 25.0 Å². The molecule has 0 unspecified atom stereocenters. The molecule has 0 aromatic carbocycles. The van der Waals surface area contributed by atoms with Crippen LogP contribution < -0.4 is 0 Å². The molecule has 0 atom stereocenters. The molecule has 0 radical (unpaired) electrons. The normalized spacial score (nSPS) is 10.2. The van der Waals surface area contributed by atoms with Crippen molar-refractivity contribution < 1.29 is 0 Å². The van der Waals surface area contributed by atoms with E-state index >= 15 is 0 Å². The van der Waals surface area contributed by atoms with Crippen molar-refractivity contribution in [1.82, 2.24) is 24.7 Å². The van der Waals surface area contributed by atoms with Crippen molar-refractivity contribution in [3.63, 3.8) is 0 Å². The smallest absolute Gasteiger partial charge is 0.144 e. The van der Waals surface area contributed by atoms with Gasteiger partial charge in [0.05, 0.1) is 12.9 Å². The van der Waals surface area contributed by atoms with Crippen molar-refractivity contribution in [3.05, 3.63) is 30.9 Å². The van der Waals surface area contributed by atoms with Crippen LogP contribution in [0.5, 0.6) is 0 Å². The highest BCUT2D eigenvalue weighted by molar-refractivity contribution is 4.85. The van der Waals surface area contributed by atoms with E-state index < -0.39 is 0 Å². The van der Waals surface area contributed by atoms with E-state index in [2.05, 4.69) is 20.2 Å². The topological polar surface area (TPSA) is 59.4 Å². The third kappa shape index (κ3) is 1.26. The summed E-state index contributed by atoms with van der Waals surface area (Å²) in [5.74, 6) is 0.836. The van der Waals surface area contributed by atoms with Crippen LogP contribution in [-0.2, 0) is 6.54 Å². The van der Waals surface area contributed by atoms with E-state index in [0.29, 0.717) is 6.54 Å². The standard InChI is InChI=1S/C6H7N5/c1-2-11(5-7-1)3-6-8-4-9-10-6/h1-2,4-5H,3H2,(H,8,9,10). The number of nitrogens with one attached hydrogen (secondary N) is 1. The zero-order valence-corrected chi connectivity index (χ0v) is 5.81. The molecule has 2 aromatic rings. The van der Waals surface area contributed by atoms with Gasteiger partial charge in [0.2, 0.25) is 0 Å². The first-order valence-corrected chi connectivity index (χ1v) is 3.25. The van der Waals surface area contributed by atoms with Gasteiger partial charge in [0.15, 0.2) is 0 Å². The molecule has 0 spiro atoms. The van der Waals surface area contributed by atoms with Crippen LogP contribution in [-0.4, -0.2) is 24.7 Å². The van der Waals surface area contributed by atoms with Gasteiger partial charge in [-0.25, -0.2) is 9.97 Å². The predicted octanol–water partition coefficient (Wildman–Crippen LogP) is 0.0495. The number of nitrogens with zero attached hydrogens (tertiary/aromatic N) is 4. The fourth-order valence-electron chi connectivity index (χ4n) is 0.860. The Bertz CT molecular complexity index is 263. The summed E-state index contributed by atoms with van der Waals surface area (Å²) in [6, 6.07) is 0. The first-order valence-electron chi connectivity index (χ1n) is 3.25. The number of H-pyrrole nitrogens is 1. The molecule has 2 rings (SSSR count). The van der Waals surface area contributed by atoms with E-state index in [0.717, 1.165) is 5.82 Å². The van der Waals surface area contributed by atoms with Gasteiger partial charge in [0.1, 0.15) is 12.2 Å². The SMILES string of the molecule is c1cn(Cc2ncn[nH]2)cn1. The second kappa shape index (κ2) is 2.53. The molecule has 0 aliphatic rings. The van der Waals surface area contributed by atoms with Gasteiger partial charge in [0, 0.05) is 12.4 Å². The van der Waals surface area contributed by atoms with E-state index in [1.807, 2.05) is 10.8 Å². The van der Waals surface area contributed by atoms with E-state index in [4.69, 9.17) is 0 Å². The van der Waals surface area contributed by atoms with E-state index in [-0.39, 0.29) is 0 Å². The lowest BCUT2D eigenvalue weighted by molar-refractivity contribution is 0.747. The highest BCUT2D eigenvalue weighted by atomic mass is 15.2. The molecule has 0 aliphatic carbocycles. The molecule has 0 saturated carbocycles. The van der Waals surface area contributed by atoms with Crippen LogP contribution in [0.3, 0.4) is 0 Å². The van der Waals surface area contributed by atoms with Gasteiger partial charge < -0.3 is 4.57 Å². The predicted molar refractivity (Wildman–Crippen MR) is 37.7 cm³/mol. The summed E-state index contributed by atoms with van der Waals surface area (Å²) in [4.78, 5) is 7.88. The number of imidazole rings is 1. The van der Waals surface area contributed by atoms with Crippen LogP contribution >= 0.6 is 0 Å². The zero-order valence-electron chi connectivity index (χ0n) is 5.81. The van der Waals surface area contributed by atoms with Crippen LogP contribution in [0.25, 0.3) is 0 Å².